The van der Waals surface area contributed by atoms with E-state index < -0.39 is 34.7 Å². The minimum absolute atomic E-state index is 0.172. The number of amides is 1. The smallest absolute Gasteiger partial charge is 0.341 e. The number of anilines is 1. The van der Waals surface area contributed by atoms with E-state index in [2.05, 4.69) is 5.32 Å². The monoisotopic (exact) mass is 477 g/mol. The Hall–Kier alpha value is -2.52. The Labute approximate surface area is 194 Å². The minimum Gasteiger partial charge on any atom is -0.462 e. The van der Waals surface area contributed by atoms with Crippen LogP contribution in [-0.4, -0.2) is 40.5 Å². The number of ether oxygens (including phenoxy) is 2. The van der Waals surface area contributed by atoms with Gasteiger partial charge in [-0.1, -0.05) is 19.1 Å². The van der Waals surface area contributed by atoms with Crippen LogP contribution in [0.3, 0.4) is 0 Å². The van der Waals surface area contributed by atoms with Gasteiger partial charge in [-0.3, -0.25) is 9.00 Å². The molecule has 0 fully saturated rings. The molecule has 2 atom stereocenters. The molecule has 1 aliphatic rings. The van der Waals surface area contributed by atoms with E-state index in [1.54, 1.807) is 32.0 Å². The third-order valence-corrected chi connectivity index (χ3v) is 7.73. The van der Waals surface area contributed by atoms with E-state index in [0.29, 0.717) is 21.2 Å². The van der Waals surface area contributed by atoms with Crippen molar-refractivity contribution in [3.8, 4) is 0 Å². The Morgan fingerprint density at radius 1 is 1.12 bits per heavy atom. The lowest BCUT2D eigenvalue weighted by molar-refractivity contribution is -0.123. The molecule has 1 aromatic heterocycles. The van der Waals surface area contributed by atoms with Crippen LogP contribution in [0, 0.1) is 0 Å². The number of carbonyl (C=O) groups excluding carboxylic acids is 3. The first-order valence-electron chi connectivity index (χ1n) is 10.7. The van der Waals surface area contributed by atoms with Gasteiger partial charge in [0.25, 0.3) is 5.91 Å². The molecule has 0 saturated carbocycles. The summed E-state index contributed by atoms with van der Waals surface area (Å²) < 4.78 is 22.8. The predicted octanol–water partition coefficient (Wildman–Crippen LogP) is 4.12. The van der Waals surface area contributed by atoms with Gasteiger partial charge in [0.1, 0.15) is 5.00 Å². The van der Waals surface area contributed by atoms with Gasteiger partial charge in [-0.05, 0) is 57.2 Å². The standard InChI is InChI=1S/C23H27NO6S2/c1-4-29-23(27)19-15-10-6-8-12-17(15)31-21(19)24-20(25)14(3)30-22(26)16-11-7-9-13-18(16)32(28)5-2/h7,9,11,13-14H,4-6,8,10,12H2,1-3H3,(H,24,25)/t14-,32+/m1/s1. The Morgan fingerprint density at radius 3 is 2.56 bits per heavy atom. The first kappa shape index (κ1) is 24.1. The lowest BCUT2D eigenvalue weighted by atomic mass is 9.95. The molecule has 0 unspecified atom stereocenters. The van der Waals surface area contributed by atoms with Gasteiger partial charge >= 0.3 is 11.9 Å². The van der Waals surface area contributed by atoms with E-state index >= 15 is 0 Å². The highest BCUT2D eigenvalue weighted by Gasteiger charge is 2.29. The Bertz CT molecular complexity index is 1050. The molecule has 1 N–H and O–H groups in total. The normalized spacial score (nSPS) is 14.7. The summed E-state index contributed by atoms with van der Waals surface area (Å²) in [5, 5.41) is 3.18. The van der Waals surface area contributed by atoms with Crippen LogP contribution in [0.4, 0.5) is 5.00 Å². The average molecular weight is 478 g/mol. The van der Waals surface area contributed by atoms with Crippen molar-refractivity contribution in [3.05, 3.63) is 45.8 Å². The third-order valence-electron chi connectivity index (χ3n) is 5.16. The molecular formula is C23H27NO6S2. The molecule has 3 rings (SSSR count). The molecule has 0 radical (unpaired) electrons. The summed E-state index contributed by atoms with van der Waals surface area (Å²) in [5.41, 5.74) is 1.52. The summed E-state index contributed by atoms with van der Waals surface area (Å²) in [6.07, 6.45) is 2.54. The van der Waals surface area contributed by atoms with Crippen molar-refractivity contribution in [2.75, 3.05) is 17.7 Å². The quantitative estimate of drug-likeness (QED) is 0.575. The zero-order valence-corrected chi connectivity index (χ0v) is 20.0. The number of esters is 2. The van der Waals surface area contributed by atoms with Gasteiger partial charge in [-0.15, -0.1) is 11.3 Å². The van der Waals surface area contributed by atoms with Crippen molar-refractivity contribution < 1.29 is 28.1 Å². The van der Waals surface area contributed by atoms with Crippen LogP contribution < -0.4 is 5.32 Å². The molecule has 172 valence electrons. The maximum Gasteiger partial charge on any atom is 0.341 e. The van der Waals surface area contributed by atoms with Crippen LogP contribution in [0.25, 0.3) is 0 Å². The maximum atomic E-state index is 12.8. The van der Waals surface area contributed by atoms with Crippen molar-refractivity contribution >= 4 is 45.0 Å². The van der Waals surface area contributed by atoms with Gasteiger partial charge < -0.3 is 14.8 Å². The SMILES string of the molecule is CCOC(=O)c1c(NC(=O)[C@@H](C)OC(=O)c2ccccc2[S@@](=O)CC)sc2c1CCCC2. The van der Waals surface area contributed by atoms with Gasteiger partial charge in [0.15, 0.2) is 6.10 Å². The van der Waals surface area contributed by atoms with Gasteiger partial charge in [0, 0.05) is 10.6 Å². The lowest BCUT2D eigenvalue weighted by Crippen LogP contribution is -2.30. The highest BCUT2D eigenvalue weighted by molar-refractivity contribution is 7.85. The van der Waals surface area contributed by atoms with E-state index in [-0.39, 0.29) is 12.2 Å². The molecule has 0 spiro atoms. The summed E-state index contributed by atoms with van der Waals surface area (Å²) in [5.74, 6) is -1.36. The maximum absolute atomic E-state index is 12.8. The van der Waals surface area contributed by atoms with Crippen molar-refractivity contribution in [2.45, 2.75) is 57.5 Å². The second kappa shape index (κ2) is 10.9. The summed E-state index contributed by atoms with van der Waals surface area (Å²) in [7, 11) is -1.34. The fourth-order valence-corrected chi connectivity index (χ4v) is 5.77. The van der Waals surface area contributed by atoms with Crippen LogP contribution >= 0.6 is 11.3 Å². The number of rotatable bonds is 8. The average Bonchev–Trinajstić information content (AvgIpc) is 3.16. The predicted molar refractivity (Wildman–Crippen MR) is 124 cm³/mol. The largest absolute Gasteiger partial charge is 0.462 e. The van der Waals surface area contributed by atoms with Gasteiger partial charge in [0.05, 0.1) is 33.4 Å². The third kappa shape index (κ3) is 5.27. The summed E-state index contributed by atoms with van der Waals surface area (Å²) >= 11 is 1.37. The number of aryl methyl sites for hydroxylation is 1. The van der Waals surface area contributed by atoms with Crippen molar-refractivity contribution in [2.24, 2.45) is 0 Å². The van der Waals surface area contributed by atoms with Gasteiger partial charge in [-0.2, -0.15) is 0 Å². The number of hydrogen-bond acceptors (Lipinski definition) is 7. The molecule has 9 heteroatoms. The molecule has 7 nitrogen and oxygen atoms in total. The molecule has 0 saturated heterocycles. The number of fused-ring (bicyclic) bond motifs is 1. The molecule has 2 aromatic rings. The Balaban J connectivity index is 1.77. The molecule has 32 heavy (non-hydrogen) atoms. The Morgan fingerprint density at radius 2 is 1.84 bits per heavy atom. The topological polar surface area (TPSA) is 98.8 Å². The summed E-state index contributed by atoms with van der Waals surface area (Å²) in [6.45, 7) is 5.20. The zero-order valence-electron chi connectivity index (χ0n) is 18.4. The van der Waals surface area contributed by atoms with E-state index in [4.69, 9.17) is 9.47 Å². The lowest BCUT2D eigenvalue weighted by Gasteiger charge is -2.15. The molecular weight excluding hydrogens is 450 g/mol. The van der Waals surface area contributed by atoms with Crippen LogP contribution in [-0.2, 0) is 37.9 Å². The van der Waals surface area contributed by atoms with E-state index in [0.717, 1.165) is 36.1 Å². The minimum atomic E-state index is -1.34. The van der Waals surface area contributed by atoms with Crippen LogP contribution in [0.5, 0.6) is 0 Å². The fourth-order valence-electron chi connectivity index (χ4n) is 3.55. The van der Waals surface area contributed by atoms with Crippen LogP contribution in [0.2, 0.25) is 0 Å². The van der Waals surface area contributed by atoms with Crippen molar-refractivity contribution in [1.29, 1.82) is 0 Å². The van der Waals surface area contributed by atoms with E-state index in [1.807, 2.05) is 0 Å². The number of benzene rings is 1. The van der Waals surface area contributed by atoms with E-state index in [1.165, 1.54) is 24.3 Å². The van der Waals surface area contributed by atoms with Crippen molar-refractivity contribution in [3.63, 3.8) is 0 Å². The zero-order chi connectivity index (χ0) is 23.3. The number of carbonyl (C=O) groups is 3. The van der Waals surface area contributed by atoms with Gasteiger partial charge in [-0.25, -0.2) is 9.59 Å². The first-order chi connectivity index (χ1) is 15.4. The molecule has 0 bridgehead atoms. The molecule has 1 aromatic carbocycles. The van der Waals surface area contributed by atoms with Gasteiger partial charge in [0.2, 0.25) is 0 Å². The second-order valence-electron chi connectivity index (χ2n) is 7.30. The van der Waals surface area contributed by atoms with Crippen LogP contribution in [0.1, 0.15) is 64.8 Å². The molecule has 1 heterocycles. The second-order valence-corrected chi connectivity index (χ2v) is 10.1. The van der Waals surface area contributed by atoms with Crippen molar-refractivity contribution in [1.82, 2.24) is 0 Å². The molecule has 1 aliphatic carbocycles. The number of nitrogens with one attached hydrogen (secondary N) is 1. The molecule has 1 amide bonds. The highest BCUT2D eigenvalue weighted by Crippen LogP contribution is 2.38. The first-order valence-corrected chi connectivity index (χ1v) is 12.8. The fraction of sp³-hybridized carbons (Fsp3) is 0.435. The Kier molecular flexibility index (Phi) is 8.20. The van der Waals surface area contributed by atoms with Crippen LogP contribution in [0.15, 0.2) is 29.2 Å². The summed E-state index contributed by atoms with van der Waals surface area (Å²) in [4.78, 5) is 39.5. The molecule has 0 aliphatic heterocycles. The highest BCUT2D eigenvalue weighted by atomic mass is 32.2. The number of hydrogen-bond donors (Lipinski definition) is 1. The number of thiophene rings is 1. The van der Waals surface area contributed by atoms with E-state index in [9.17, 15) is 18.6 Å². The summed E-state index contributed by atoms with van der Waals surface area (Å²) in [6, 6.07) is 6.50.